The lowest BCUT2D eigenvalue weighted by atomic mass is 10.1. The number of hydrogen-bond acceptors (Lipinski definition) is 5. The molecule has 27 heavy (non-hydrogen) atoms. The molecule has 0 saturated carbocycles. The number of anilines is 1. The van der Waals surface area contributed by atoms with Crippen LogP contribution in [0.1, 0.15) is 22.9 Å². The van der Waals surface area contributed by atoms with Crippen molar-refractivity contribution in [2.45, 2.75) is 38.4 Å². The molecule has 1 aromatic carbocycles. The van der Waals surface area contributed by atoms with Crippen LogP contribution in [0.4, 0.5) is 5.69 Å². The second kappa shape index (κ2) is 6.80. The normalized spacial score (nSPS) is 16.1. The lowest BCUT2D eigenvalue weighted by Crippen LogP contribution is -2.37. The monoisotopic (exact) mass is 399 g/mol. The molecule has 7 heteroatoms. The molecular formula is C20H21N3O2S2. The van der Waals surface area contributed by atoms with Crippen LogP contribution in [-0.2, 0) is 18.3 Å². The Hall–Kier alpha value is -2.12. The Balaban J connectivity index is 1.60. The Morgan fingerprint density at radius 3 is 2.85 bits per heavy atom. The molecule has 140 valence electrons. The van der Waals surface area contributed by atoms with E-state index in [1.54, 1.807) is 11.6 Å². The molecule has 0 N–H and O–H groups in total. The van der Waals surface area contributed by atoms with Crippen LogP contribution in [0.5, 0.6) is 0 Å². The van der Waals surface area contributed by atoms with Gasteiger partial charge in [-0.3, -0.25) is 14.2 Å². The number of aromatic nitrogens is 2. The quantitative estimate of drug-likeness (QED) is 0.498. The summed E-state index contributed by atoms with van der Waals surface area (Å²) in [6.07, 6.45) is 0.878. The Bertz CT molecular complexity index is 1120. The van der Waals surface area contributed by atoms with Crippen LogP contribution in [0, 0.1) is 13.8 Å². The third kappa shape index (κ3) is 2.99. The van der Waals surface area contributed by atoms with Gasteiger partial charge in [0.25, 0.3) is 5.56 Å². The predicted molar refractivity (Wildman–Crippen MR) is 112 cm³/mol. The van der Waals surface area contributed by atoms with E-state index in [0.29, 0.717) is 10.5 Å². The summed E-state index contributed by atoms with van der Waals surface area (Å²) in [5.74, 6) is 0.304. The zero-order chi connectivity index (χ0) is 19.3. The van der Waals surface area contributed by atoms with Crippen LogP contribution < -0.4 is 10.5 Å². The first kappa shape index (κ1) is 18.3. The van der Waals surface area contributed by atoms with E-state index < -0.39 is 0 Å². The molecule has 1 atom stereocenters. The van der Waals surface area contributed by atoms with Gasteiger partial charge in [-0.25, -0.2) is 4.98 Å². The van der Waals surface area contributed by atoms with E-state index in [4.69, 9.17) is 0 Å². The highest BCUT2D eigenvalue weighted by molar-refractivity contribution is 7.99. The topological polar surface area (TPSA) is 55.2 Å². The Morgan fingerprint density at radius 2 is 2.07 bits per heavy atom. The van der Waals surface area contributed by atoms with Crippen molar-refractivity contribution >= 4 is 44.9 Å². The third-order valence-corrected chi connectivity index (χ3v) is 7.29. The fraction of sp³-hybridized carbons (Fsp3) is 0.350. The number of benzene rings is 1. The maximum absolute atomic E-state index is 12.9. The standard InChI is InChI=1S/C20H21N3O2S2/c1-11-9-14-7-5-6-8-15(14)23(11)16(24)10-26-20-21-18-17(19(25)22(20)4)12(2)13(3)27-18/h5-8,11H,9-10H2,1-4H3/t11-/m1/s1. The summed E-state index contributed by atoms with van der Waals surface area (Å²) < 4.78 is 1.56. The molecule has 0 bridgehead atoms. The number of amides is 1. The van der Waals surface area contributed by atoms with Gasteiger partial charge >= 0.3 is 0 Å². The van der Waals surface area contributed by atoms with Crippen LogP contribution in [-0.4, -0.2) is 27.3 Å². The molecule has 1 aliphatic rings. The number of aryl methyl sites for hydroxylation is 2. The van der Waals surface area contributed by atoms with Crippen molar-refractivity contribution in [3.05, 3.63) is 50.6 Å². The zero-order valence-electron chi connectivity index (χ0n) is 15.8. The average Bonchev–Trinajstić information content (AvgIpc) is 3.12. The van der Waals surface area contributed by atoms with Crippen LogP contribution in [0.15, 0.2) is 34.2 Å². The third-order valence-electron chi connectivity index (χ3n) is 5.17. The van der Waals surface area contributed by atoms with Crippen molar-refractivity contribution < 1.29 is 4.79 Å². The number of carbonyl (C=O) groups excluding carboxylic acids is 1. The first-order chi connectivity index (χ1) is 12.9. The van der Waals surface area contributed by atoms with Crippen molar-refractivity contribution in [3.8, 4) is 0 Å². The van der Waals surface area contributed by atoms with E-state index in [9.17, 15) is 9.59 Å². The summed E-state index contributed by atoms with van der Waals surface area (Å²) >= 11 is 2.86. The largest absolute Gasteiger partial charge is 0.308 e. The number of fused-ring (bicyclic) bond motifs is 2. The highest BCUT2D eigenvalue weighted by Crippen LogP contribution is 2.33. The molecule has 0 fully saturated rings. The van der Waals surface area contributed by atoms with E-state index in [1.165, 1.54) is 28.7 Å². The fourth-order valence-electron chi connectivity index (χ4n) is 3.63. The zero-order valence-corrected chi connectivity index (χ0v) is 17.4. The predicted octanol–water partition coefficient (Wildman–Crippen LogP) is 3.68. The molecule has 0 aliphatic carbocycles. The first-order valence-corrected chi connectivity index (χ1v) is 10.7. The van der Waals surface area contributed by atoms with Gasteiger partial charge in [0.15, 0.2) is 5.16 Å². The molecule has 0 saturated heterocycles. The van der Waals surface area contributed by atoms with E-state index in [0.717, 1.165) is 27.4 Å². The molecule has 1 amide bonds. The molecule has 0 unspecified atom stereocenters. The molecule has 5 nitrogen and oxygen atoms in total. The number of thiophene rings is 1. The van der Waals surface area contributed by atoms with Crippen molar-refractivity contribution in [2.24, 2.45) is 7.05 Å². The number of nitrogens with zero attached hydrogens (tertiary/aromatic N) is 3. The van der Waals surface area contributed by atoms with Crippen molar-refractivity contribution in [1.82, 2.24) is 9.55 Å². The van der Waals surface area contributed by atoms with Gasteiger partial charge in [0, 0.05) is 23.7 Å². The number of thioether (sulfide) groups is 1. The minimum atomic E-state index is -0.0447. The Kier molecular flexibility index (Phi) is 4.60. The van der Waals surface area contributed by atoms with Gasteiger partial charge in [-0.15, -0.1) is 11.3 Å². The maximum atomic E-state index is 12.9. The van der Waals surface area contributed by atoms with Crippen molar-refractivity contribution in [2.75, 3.05) is 10.7 Å². The highest BCUT2D eigenvalue weighted by Gasteiger charge is 2.30. The van der Waals surface area contributed by atoms with Crippen LogP contribution in [0.25, 0.3) is 10.2 Å². The number of hydrogen-bond donors (Lipinski definition) is 0. The average molecular weight is 400 g/mol. The van der Waals surface area contributed by atoms with Crippen LogP contribution >= 0.6 is 23.1 Å². The molecule has 0 spiro atoms. The van der Waals surface area contributed by atoms with E-state index in [-0.39, 0.29) is 23.3 Å². The van der Waals surface area contributed by atoms with Gasteiger partial charge in [-0.1, -0.05) is 30.0 Å². The van der Waals surface area contributed by atoms with Crippen molar-refractivity contribution in [3.63, 3.8) is 0 Å². The maximum Gasteiger partial charge on any atom is 0.262 e. The van der Waals surface area contributed by atoms with Gasteiger partial charge in [-0.05, 0) is 44.4 Å². The first-order valence-electron chi connectivity index (χ1n) is 8.88. The van der Waals surface area contributed by atoms with Crippen LogP contribution in [0.2, 0.25) is 0 Å². The van der Waals surface area contributed by atoms with Gasteiger partial charge in [0.05, 0.1) is 11.1 Å². The second-order valence-corrected chi connectivity index (χ2v) is 9.10. The number of carbonyl (C=O) groups is 1. The fourth-order valence-corrected chi connectivity index (χ4v) is 5.53. The summed E-state index contributed by atoms with van der Waals surface area (Å²) in [6.45, 7) is 6.03. The van der Waals surface area contributed by atoms with Crippen molar-refractivity contribution in [1.29, 1.82) is 0 Å². The second-order valence-electron chi connectivity index (χ2n) is 6.96. The minimum absolute atomic E-state index is 0.0447. The molecule has 0 radical (unpaired) electrons. The summed E-state index contributed by atoms with van der Waals surface area (Å²) in [6, 6.07) is 8.20. The van der Waals surface area contributed by atoms with Gasteiger partial charge in [-0.2, -0.15) is 0 Å². The minimum Gasteiger partial charge on any atom is -0.308 e. The van der Waals surface area contributed by atoms with E-state index >= 15 is 0 Å². The smallest absolute Gasteiger partial charge is 0.262 e. The summed E-state index contributed by atoms with van der Waals surface area (Å²) in [5, 5.41) is 1.28. The molecule has 4 rings (SSSR count). The Morgan fingerprint density at radius 1 is 1.33 bits per heavy atom. The molecule has 1 aliphatic heterocycles. The molecule has 3 aromatic rings. The molecule has 3 heterocycles. The van der Waals surface area contributed by atoms with Gasteiger partial charge in [0.1, 0.15) is 4.83 Å². The van der Waals surface area contributed by atoms with E-state index in [2.05, 4.69) is 18.0 Å². The van der Waals surface area contributed by atoms with Gasteiger partial charge in [0.2, 0.25) is 5.91 Å². The summed E-state index contributed by atoms with van der Waals surface area (Å²) in [5.41, 5.74) is 3.16. The number of para-hydroxylation sites is 1. The lowest BCUT2D eigenvalue weighted by Gasteiger charge is -2.22. The summed E-state index contributed by atoms with van der Waals surface area (Å²) in [4.78, 5) is 34.0. The van der Waals surface area contributed by atoms with Crippen LogP contribution in [0.3, 0.4) is 0 Å². The summed E-state index contributed by atoms with van der Waals surface area (Å²) in [7, 11) is 1.72. The molecule has 2 aromatic heterocycles. The highest BCUT2D eigenvalue weighted by atomic mass is 32.2. The number of rotatable bonds is 3. The SMILES string of the molecule is Cc1sc2nc(SCC(=O)N3c4ccccc4C[C@H]3C)n(C)c(=O)c2c1C. The Labute approximate surface area is 166 Å². The van der Waals surface area contributed by atoms with E-state index in [1.807, 2.05) is 36.9 Å². The lowest BCUT2D eigenvalue weighted by molar-refractivity contribution is -0.116. The van der Waals surface area contributed by atoms with Gasteiger partial charge < -0.3 is 4.90 Å². The molecular weight excluding hydrogens is 378 g/mol.